The average Bonchev–Trinajstić information content (AvgIpc) is 3.02. The standard InChI is InChI=1S/C17H29NS/c1-17(2)6-7-19-10-16(17)18-15-9-11-8-14(15)13-5-3-4-12(11)13/h11-16,18H,3-10H2,1-2H3. The van der Waals surface area contributed by atoms with E-state index in [-0.39, 0.29) is 0 Å². The van der Waals surface area contributed by atoms with Crippen LogP contribution in [0.3, 0.4) is 0 Å². The maximum Gasteiger partial charge on any atom is 0.0212 e. The van der Waals surface area contributed by atoms with Crippen molar-refractivity contribution in [3.8, 4) is 0 Å². The van der Waals surface area contributed by atoms with Crippen molar-refractivity contribution in [1.82, 2.24) is 5.32 Å². The summed E-state index contributed by atoms with van der Waals surface area (Å²) in [7, 11) is 0. The van der Waals surface area contributed by atoms with Crippen LogP contribution >= 0.6 is 11.8 Å². The van der Waals surface area contributed by atoms with E-state index in [1.54, 1.807) is 19.3 Å². The second kappa shape index (κ2) is 4.66. The first-order valence-electron chi connectivity index (χ1n) is 8.49. The molecule has 0 aromatic heterocycles. The first-order chi connectivity index (χ1) is 9.15. The Hall–Kier alpha value is 0.310. The molecule has 108 valence electrons. The fraction of sp³-hybridized carbons (Fsp3) is 1.00. The predicted molar refractivity (Wildman–Crippen MR) is 83.5 cm³/mol. The summed E-state index contributed by atoms with van der Waals surface area (Å²) in [6.45, 7) is 4.96. The minimum atomic E-state index is 0.516. The van der Waals surface area contributed by atoms with E-state index in [9.17, 15) is 0 Å². The molecule has 6 unspecified atom stereocenters. The zero-order valence-corrected chi connectivity index (χ0v) is 13.3. The van der Waals surface area contributed by atoms with Gasteiger partial charge in [0.05, 0.1) is 0 Å². The molecule has 0 amide bonds. The number of hydrogen-bond donors (Lipinski definition) is 1. The molecule has 3 saturated carbocycles. The molecule has 6 atom stereocenters. The van der Waals surface area contributed by atoms with Crippen LogP contribution in [-0.4, -0.2) is 23.6 Å². The van der Waals surface area contributed by atoms with Crippen LogP contribution in [0.5, 0.6) is 0 Å². The van der Waals surface area contributed by atoms with Gasteiger partial charge in [-0.3, -0.25) is 0 Å². The highest BCUT2D eigenvalue weighted by atomic mass is 32.2. The summed E-state index contributed by atoms with van der Waals surface area (Å²) in [6.07, 6.45) is 9.09. The molecule has 4 fully saturated rings. The van der Waals surface area contributed by atoms with E-state index < -0.39 is 0 Å². The number of fused-ring (bicyclic) bond motifs is 5. The average molecular weight is 279 g/mol. The second-order valence-electron chi connectivity index (χ2n) is 8.29. The van der Waals surface area contributed by atoms with E-state index in [0.29, 0.717) is 5.41 Å². The molecular formula is C17H29NS. The zero-order chi connectivity index (χ0) is 13.0. The van der Waals surface area contributed by atoms with Gasteiger partial charge < -0.3 is 5.32 Å². The Labute approximate surface area is 122 Å². The second-order valence-corrected chi connectivity index (χ2v) is 9.44. The highest BCUT2D eigenvalue weighted by molar-refractivity contribution is 7.99. The minimum Gasteiger partial charge on any atom is -0.310 e. The Kier molecular flexibility index (Phi) is 3.19. The van der Waals surface area contributed by atoms with Crippen LogP contribution in [0.4, 0.5) is 0 Å². The van der Waals surface area contributed by atoms with Gasteiger partial charge in [-0.2, -0.15) is 11.8 Å². The molecule has 0 spiro atoms. The lowest BCUT2D eigenvalue weighted by molar-refractivity contribution is 0.160. The molecular weight excluding hydrogens is 250 g/mol. The first-order valence-corrected chi connectivity index (χ1v) is 9.64. The quantitative estimate of drug-likeness (QED) is 0.822. The molecule has 1 heterocycles. The lowest BCUT2D eigenvalue weighted by Crippen LogP contribution is -2.53. The molecule has 2 bridgehead atoms. The smallest absolute Gasteiger partial charge is 0.0212 e. The van der Waals surface area contributed by atoms with Crippen molar-refractivity contribution >= 4 is 11.8 Å². The maximum absolute atomic E-state index is 4.13. The van der Waals surface area contributed by atoms with Gasteiger partial charge in [0.15, 0.2) is 0 Å². The van der Waals surface area contributed by atoms with Crippen LogP contribution in [0, 0.1) is 29.1 Å². The van der Waals surface area contributed by atoms with Gasteiger partial charge in [-0.15, -0.1) is 0 Å². The Morgan fingerprint density at radius 2 is 1.89 bits per heavy atom. The van der Waals surface area contributed by atoms with Gasteiger partial charge in [-0.05, 0) is 66.9 Å². The van der Waals surface area contributed by atoms with E-state index in [2.05, 4.69) is 30.9 Å². The van der Waals surface area contributed by atoms with Gasteiger partial charge in [-0.1, -0.05) is 20.3 Å². The molecule has 0 aromatic rings. The molecule has 1 saturated heterocycles. The summed E-state index contributed by atoms with van der Waals surface area (Å²) in [6, 6.07) is 1.63. The van der Waals surface area contributed by atoms with Crippen molar-refractivity contribution in [1.29, 1.82) is 0 Å². The molecule has 1 N–H and O–H groups in total. The van der Waals surface area contributed by atoms with E-state index in [4.69, 9.17) is 0 Å². The van der Waals surface area contributed by atoms with Crippen molar-refractivity contribution in [2.24, 2.45) is 29.1 Å². The number of rotatable bonds is 2. The molecule has 4 rings (SSSR count). The molecule has 4 aliphatic rings. The van der Waals surface area contributed by atoms with Crippen LogP contribution in [0.2, 0.25) is 0 Å². The zero-order valence-electron chi connectivity index (χ0n) is 12.5. The molecule has 2 heteroatoms. The largest absolute Gasteiger partial charge is 0.310 e. The maximum atomic E-state index is 4.13. The van der Waals surface area contributed by atoms with E-state index in [1.807, 2.05) is 0 Å². The van der Waals surface area contributed by atoms with Gasteiger partial charge in [0.2, 0.25) is 0 Å². The monoisotopic (exact) mass is 279 g/mol. The van der Waals surface area contributed by atoms with E-state index in [0.717, 1.165) is 35.8 Å². The molecule has 0 aromatic carbocycles. The van der Waals surface area contributed by atoms with Gasteiger partial charge in [0.25, 0.3) is 0 Å². The van der Waals surface area contributed by atoms with Crippen LogP contribution < -0.4 is 5.32 Å². The normalized spacial score (nSPS) is 51.5. The van der Waals surface area contributed by atoms with Gasteiger partial charge in [0, 0.05) is 17.8 Å². The molecule has 3 aliphatic carbocycles. The van der Waals surface area contributed by atoms with Crippen molar-refractivity contribution in [3.63, 3.8) is 0 Å². The Balaban J connectivity index is 1.44. The number of nitrogens with one attached hydrogen (secondary N) is 1. The summed E-state index contributed by atoms with van der Waals surface area (Å²) in [5.41, 5.74) is 0.516. The Bertz CT molecular complexity index is 353. The summed E-state index contributed by atoms with van der Waals surface area (Å²) in [5, 5.41) is 4.13. The van der Waals surface area contributed by atoms with Gasteiger partial charge >= 0.3 is 0 Å². The fourth-order valence-corrected chi connectivity index (χ4v) is 7.35. The first kappa shape index (κ1) is 13.0. The van der Waals surface area contributed by atoms with Crippen LogP contribution in [0.25, 0.3) is 0 Å². The van der Waals surface area contributed by atoms with Crippen molar-refractivity contribution in [2.75, 3.05) is 11.5 Å². The third-order valence-corrected chi connectivity index (χ3v) is 8.02. The highest BCUT2D eigenvalue weighted by Gasteiger charge is 2.54. The third-order valence-electron chi connectivity index (χ3n) is 6.96. The lowest BCUT2D eigenvalue weighted by Gasteiger charge is -2.43. The van der Waals surface area contributed by atoms with Crippen LogP contribution in [0.15, 0.2) is 0 Å². The number of thioether (sulfide) groups is 1. The minimum absolute atomic E-state index is 0.516. The lowest BCUT2D eigenvalue weighted by atomic mass is 9.77. The topological polar surface area (TPSA) is 12.0 Å². The van der Waals surface area contributed by atoms with Crippen LogP contribution in [0.1, 0.15) is 52.4 Å². The van der Waals surface area contributed by atoms with Crippen molar-refractivity contribution in [2.45, 2.75) is 64.5 Å². The SMILES string of the molecule is CC1(C)CCSCC1NC1CC2CC1C1CCCC21. The third kappa shape index (κ3) is 2.09. The summed E-state index contributed by atoms with van der Waals surface area (Å²) in [5.74, 6) is 7.09. The molecule has 1 aliphatic heterocycles. The van der Waals surface area contributed by atoms with E-state index in [1.165, 1.54) is 30.8 Å². The summed E-state index contributed by atoms with van der Waals surface area (Å²) in [4.78, 5) is 0. The summed E-state index contributed by atoms with van der Waals surface area (Å²) < 4.78 is 0. The van der Waals surface area contributed by atoms with Crippen LogP contribution in [-0.2, 0) is 0 Å². The predicted octanol–water partition coefficient (Wildman–Crippen LogP) is 3.93. The highest BCUT2D eigenvalue weighted by Crippen LogP contribution is 2.59. The van der Waals surface area contributed by atoms with Gasteiger partial charge in [0.1, 0.15) is 0 Å². The number of hydrogen-bond acceptors (Lipinski definition) is 2. The molecule has 0 radical (unpaired) electrons. The Morgan fingerprint density at radius 3 is 2.74 bits per heavy atom. The fourth-order valence-electron chi connectivity index (χ4n) is 5.73. The summed E-state index contributed by atoms with van der Waals surface area (Å²) >= 11 is 2.17. The Morgan fingerprint density at radius 1 is 1.05 bits per heavy atom. The van der Waals surface area contributed by atoms with E-state index >= 15 is 0 Å². The van der Waals surface area contributed by atoms with Crippen molar-refractivity contribution in [3.05, 3.63) is 0 Å². The molecule has 19 heavy (non-hydrogen) atoms. The van der Waals surface area contributed by atoms with Gasteiger partial charge in [-0.25, -0.2) is 0 Å². The molecule has 1 nitrogen and oxygen atoms in total. The van der Waals surface area contributed by atoms with Crippen molar-refractivity contribution < 1.29 is 0 Å².